The number of para-hydroxylation sites is 3. The van der Waals surface area contributed by atoms with Gasteiger partial charge >= 0.3 is 11.6 Å². The minimum absolute atomic E-state index is 0. The normalized spacial score (nSPS) is 10.7. The molecule has 0 amide bonds. The zero-order valence-corrected chi connectivity index (χ0v) is 36.7. The summed E-state index contributed by atoms with van der Waals surface area (Å²) in [6.45, 7) is 5.13. The van der Waals surface area contributed by atoms with Crippen LogP contribution in [-0.4, -0.2) is 12.6 Å². The van der Waals surface area contributed by atoms with Crippen molar-refractivity contribution >= 4 is 65.8 Å². The van der Waals surface area contributed by atoms with E-state index in [1.807, 2.05) is 134 Å². The number of hydrogen-bond donors (Lipinski definition) is 0. The Bertz CT molecular complexity index is 3080. The molecule has 0 unspecified atom stereocenters. The van der Waals surface area contributed by atoms with Crippen molar-refractivity contribution in [2.24, 2.45) is 0 Å². The summed E-state index contributed by atoms with van der Waals surface area (Å²) >= 11 is 3.34. The van der Waals surface area contributed by atoms with E-state index in [2.05, 4.69) is 15.9 Å². The number of halogens is 1. The summed E-state index contributed by atoms with van der Waals surface area (Å²) in [4.78, 5) is 23.1. The van der Waals surface area contributed by atoms with E-state index in [9.17, 15) is 9.59 Å². The average molecular weight is 936 g/mol. The highest BCUT2D eigenvalue weighted by atomic mass is 79.9. The van der Waals surface area contributed by atoms with Gasteiger partial charge in [0.25, 0.3) is 0 Å². The smallest absolute Gasteiger partial charge is 0.338 e. The summed E-state index contributed by atoms with van der Waals surface area (Å²) in [5.74, 6) is 4.27. The number of benzene rings is 6. The molecule has 0 fully saturated rings. The molecule has 0 aliphatic carbocycles. The van der Waals surface area contributed by atoms with E-state index >= 15 is 0 Å². The van der Waals surface area contributed by atoms with Gasteiger partial charge < -0.3 is 36.6 Å². The van der Waals surface area contributed by atoms with E-state index in [0.29, 0.717) is 49.1 Å². The lowest BCUT2D eigenvalue weighted by atomic mass is 10.1. The zero-order chi connectivity index (χ0) is 44.3. The van der Waals surface area contributed by atoms with Crippen molar-refractivity contribution in [2.75, 3.05) is 6.61 Å². The SMILES string of the molecule is BrCc1cc2ccccc2o1.C.CCOC(=O)c1ccc(OCc2cc3ccccc3o2)cc1.Cc1cc(=O)oc2cc(OCc3ccc(OCc4cc5ccccc5o4)cc3)ccc12. The first-order valence-electron chi connectivity index (χ1n) is 20.6. The Hall–Kier alpha value is -7.50. The number of furan rings is 3. The highest BCUT2D eigenvalue weighted by molar-refractivity contribution is 9.08. The molecule has 0 saturated carbocycles. The molecule has 11 heteroatoms. The molecule has 10 rings (SSSR count). The molecule has 10 aromatic rings. The molecule has 0 saturated heterocycles. The second-order valence-electron chi connectivity index (χ2n) is 14.5. The molecule has 65 heavy (non-hydrogen) atoms. The van der Waals surface area contributed by atoms with Crippen LogP contribution < -0.4 is 19.8 Å². The van der Waals surface area contributed by atoms with Gasteiger partial charge in [0.05, 0.1) is 17.5 Å². The van der Waals surface area contributed by atoms with Gasteiger partial charge in [0, 0.05) is 33.7 Å². The van der Waals surface area contributed by atoms with Crippen molar-refractivity contribution in [1.82, 2.24) is 0 Å². The summed E-state index contributed by atoms with van der Waals surface area (Å²) in [7, 11) is 0. The quantitative estimate of drug-likeness (QED) is 0.0664. The van der Waals surface area contributed by atoms with Gasteiger partial charge in [-0.05, 0) is 110 Å². The predicted octanol–water partition coefficient (Wildman–Crippen LogP) is 14.2. The fourth-order valence-corrected chi connectivity index (χ4v) is 7.05. The van der Waals surface area contributed by atoms with E-state index in [1.165, 1.54) is 11.5 Å². The molecular formula is C54H47BrO10. The standard InChI is InChI=1S/C26H20O5.C18H16O4.C9H7BrO.CH4/c1-17-12-26(27)31-25-14-21(10-11-23(17)25)28-15-18-6-8-20(9-7-18)29-16-22-13-19-4-2-3-5-24(19)30-22;1-2-20-18(19)13-7-9-15(10-8-13)21-12-16-11-14-5-3-4-6-17(14)22-16;10-6-8-5-7-3-1-2-4-9(7)11-8;/h2-14H,15-16H2,1H3;3-11H,2,12H2,1H3;1-5H,6H2;1H4. The third-order valence-electron chi connectivity index (χ3n) is 9.94. The fraction of sp³-hybridized carbons (Fsp3) is 0.148. The summed E-state index contributed by atoms with van der Waals surface area (Å²) in [5.41, 5.74) is 5.23. The van der Waals surface area contributed by atoms with Crippen LogP contribution in [0.15, 0.2) is 186 Å². The molecule has 0 aliphatic heterocycles. The highest BCUT2D eigenvalue weighted by Gasteiger charge is 2.09. The van der Waals surface area contributed by atoms with Crippen molar-refractivity contribution in [3.63, 3.8) is 0 Å². The molecule has 0 atom stereocenters. The minimum Gasteiger partial charge on any atom is -0.489 e. The van der Waals surface area contributed by atoms with Crippen LogP contribution in [0, 0.1) is 6.92 Å². The van der Waals surface area contributed by atoms with Gasteiger partial charge in [-0.1, -0.05) is 90.1 Å². The molecule has 330 valence electrons. The number of hydrogen-bond acceptors (Lipinski definition) is 10. The lowest BCUT2D eigenvalue weighted by Crippen LogP contribution is -2.04. The first-order valence-corrected chi connectivity index (χ1v) is 21.7. The van der Waals surface area contributed by atoms with E-state index < -0.39 is 0 Å². The summed E-state index contributed by atoms with van der Waals surface area (Å²) < 4.78 is 44.5. The van der Waals surface area contributed by atoms with Crippen LogP contribution in [0.4, 0.5) is 0 Å². The van der Waals surface area contributed by atoms with Crippen LogP contribution in [-0.2, 0) is 29.9 Å². The van der Waals surface area contributed by atoms with E-state index in [0.717, 1.165) is 72.4 Å². The molecule has 0 radical (unpaired) electrons. The lowest BCUT2D eigenvalue weighted by molar-refractivity contribution is 0.0526. The maximum atomic E-state index is 11.6. The maximum absolute atomic E-state index is 11.6. The van der Waals surface area contributed by atoms with Crippen LogP contribution in [0.5, 0.6) is 17.2 Å². The van der Waals surface area contributed by atoms with E-state index in [-0.39, 0.29) is 19.0 Å². The zero-order valence-electron chi connectivity index (χ0n) is 35.1. The number of carbonyl (C=O) groups is 1. The number of ether oxygens (including phenoxy) is 4. The number of carbonyl (C=O) groups excluding carboxylic acids is 1. The summed E-state index contributed by atoms with van der Waals surface area (Å²) in [5, 5.41) is 4.97. The molecule has 0 bridgehead atoms. The van der Waals surface area contributed by atoms with Crippen molar-refractivity contribution in [3.8, 4) is 17.2 Å². The third kappa shape index (κ3) is 12.0. The molecule has 10 nitrogen and oxygen atoms in total. The van der Waals surface area contributed by atoms with E-state index in [4.69, 9.17) is 36.6 Å². The van der Waals surface area contributed by atoms with Crippen molar-refractivity contribution in [2.45, 2.75) is 46.4 Å². The number of alkyl halides is 1. The number of fused-ring (bicyclic) bond motifs is 4. The van der Waals surface area contributed by atoms with Crippen LogP contribution in [0.1, 0.15) is 53.1 Å². The first-order chi connectivity index (χ1) is 31.3. The summed E-state index contributed by atoms with van der Waals surface area (Å²) in [6.07, 6.45) is 0. The molecule has 6 aromatic carbocycles. The number of aryl methyl sites for hydroxylation is 1. The van der Waals surface area contributed by atoms with Gasteiger partial charge in [-0.15, -0.1) is 0 Å². The van der Waals surface area contributed by atoms with Crippen LogP contribution in [0.25, 0.3) is 43.9 Å². The molecular weight excluding hydrogens is 888 g/mol. The average Bonchev–Trinajstić information content (AvgIpc) is 4.07. The van der Waals surface area contributed by atoms with E-state index in [1.54, 1.807) is 37.3 Å². The monoisotopic (exact) mass is 934 g/mol. The van der Waals surface area contributed by atoms with Crippen LogP contribution in [0.3, 0.4) is 0 Å². The van der Waals surface area contributed by atoms with Gasteiger partial charge in [0.1, 0.15) is 76.7 Å². The Labute approximate surface area is 384 Å². The van der Waals surface area contributed by atoms with Gasteiger partial charge in [-0.2, -0.15) is 0 Å². The molecule has 4 heterocycles. The first kappa shape index (κ1) is 45.5. The highest BCUT2D eigenvalue weighted by Crippen LogP contribution is 2.26. The second kappa shape index (κ2) is 21.7. The van der Waals surface area contributed by atoms with Gasteiger partial charge in [0.2, 0.25) is 0 Å². The fourth-order valence-electron chi connectivity index (χ4n) is 6.77. The van der Waals surface area contributed by atoms with Crippen molar-refractivity contribution in [3.05, 3.63) is 208 Å². The minimum atomic E-state index is -0.361. The lowest BCUT2D eigenvalue weighted by Gasteiger charge is -2.09. The topological polar surface area (TPSA) is 124 Å². The Morgan fingerprint density at radius 3 is 1.52 bits per heavy atom. The Balaban J connectivity index is 0.000000161. The predicted molar refractivity (Wildman–Crippen MR) is 257 cm³/mol. The summed E-state index contributed by atoms with van der Waals surface area (Å²) in [6, 6.07) is 51.3. The Morgan fingerprint density at radius 1 is 0.523 bits per heavy atom. The van der Waals surface area contributed by atoms with Crippen molar-refractivity contribution < 1.29 is 41.4 Å². The van der Waals surface area contributed by atoms with Crippen LogP contribution in [0.2, 0.25) is 0 Å². The molecule has 0 N–H and O–H groups in total. The Kier molecular flexibility index (Phi) is 15.2. The van der Waals surface area contributed by atoms with Crippen molar-refractivity contribution in [1.29, 1.82) is 0 Å². The maximum Gasteiger partial charge on any atom is 0.338 e. The largest absolute Gasteiger partial charge is 0.489 e. The van der Waals surface area contributed by atoms with Gasteiger partial charge in [-0.3, -0.25) is 0 Å². The molecule has 0 aliphatic rings. The third-order valence-corrected chi connectivity index (χ3v) is 10.5. The Morgan fingerprint density at radius 2 is 1.00 bits per heavy atom. The molecule has 0 spiro atoms. The second-order valence-corrected chi connectivity index (χ2v) is 15.1. The van der Waals surface area contributed by atoms with Crippen LogP contribution >= 0.6 is 15.9 Å². The number of rotatable bonds is 12. The van der Waals surface area contributed by atoms with Gasteiger partial charge in [-0.25, -0.2) is 9.59 Å². The van der Waals surface area contributed by atoms with Gasteiger partial charge in [0.15, 0.2) is 0 Å². The molecule has 4 aromatic heterocycles. The number of esters is 1.